The number of likely N-dealkylation sites (tertiary alicyclic amines) is 1. The summed E-state index contributed by atoms with van der Waals surface area (Å²) in [6.07, 6.45) is 7.52. The highest BCUT2D eigenvalue weighted by molar-refractivity contribution is 5.78. The molecule has 1 fully saturated rings. The van der Waals surface area contributed by atoms with Crippen LogP contribution >= 0.6 is 0 Å². The Hall–Kier alpha value is -2.31. The van der Waals surface area contributed by atoms with Crippen LogP contribution in [0, 0.1) is 0 Å². The second-order valence-corrected chi connectivity index (χ2v) is 7.90. The summed E-state index contributed by atoms with van der Waals surface area (Å²) in [5, 5.41) is 0. The molecule has 0 atom stereocenters. The van der Waals surface area contributed by atoms with Gasteiger partial charge in [0.2, 0.25) is 0 Å². The van der Waals surface area contributed by atoms with Crippen LogP contribution in [0.15, 0.2) is 29.5 Å². The van der Waals surface area contributed by atoms with Gasteiger partial charge in [-0.2, -0.15) is 0 Å². The maximum Gasteiger partial charge on any atom is 0.410 e. The van der Waals surface area contributed by atoms with E-state index in [0.717, 1.165) is 25.1 Å². The Morgan fingerprint density at radius 3 is 2.70 bits per heavy atom. The van der Waals surface area contributed by atoms with Crippen molar-refractivity contribution in [1.29, 1.82) is 0 Å². The van der Waals surface area contributed by atoms with Crippen LogP contribution in [-0.4, -0.2) is 58.6 Å². The summed E-state index contributed by atoms with van der Waals surface area (Å²) in [5.41, 5.74) is 6.54. The SMILES string of the molecule is CC(C)(C)OC(=O)N(CCCN=C(N)N1CCCCC1)Cc1cccnc1. The van der Waals surface area contributed by atoms with Crippen molar-refractivity contribution in [2.24, 2.45) is 10.7 Å². The quantitative estimate of drug-likeness (QED) is 0.469. The number of pyridine rings is 1. The number of rotatable bonds is 6. The number of ether oxygens (including phenoxy) is 1. The molecule has 1 aliphatic heterocycles. The molecule has 0 radical (unpaired) electrons. The highest BCUT2D eigenvalue weighted by atomic mass is 16.6. The average molecular weight is 376 g/mol. The summed E-state index contributed by atoms with van der Waals surface area (Å²) in [5.74, 6) is 0.616. The van der Waals surface area contributed by atoms with Gasteiger partial charge in [-0.3, -0.25) is 9.98 Å². The van der Waals surface area contributed by atoms with E-state index in [9.17, 15) is 4.79 Å². The molecule has 2 heterocycles. The van der Waals surface area contributed by atoms with E-state index in [4.69, 9.17) is 10.5 Å². The Bertz CT molecular complexity index is 607. The lowest BCUT2D eigenvalue weighted by molar-refractivity contribution is 0.0232. The van der Waals surface area contributed by atoms with Crippen LogP contribution in [0.5, 0.6) is 0 Å². The van der Waals surface area contributed by atoms with Crippen molar-refractivity contribution in [2.45, 2.75) is 58.6 Å². The van der Waals surface area contributed by atoms with Crippen molar-refractivity contribution in [3.05, 3.63) is 30.1 Å². The Morgan fingerprint density at radius 2 is 2.07 bits per heavy atom. The summed E-state index contributed by atoms with van der Waals surface area (Å²) in [6.45, 7) is 9.20. The molecule has 1 aromatic heterocycles. The number of guanidine groups is 1. The molecule has 0 bridgehead atoms. The van der Waals surface area contributed by atoms with Gasteiger partial charge in [-0.25, -0.2) is 4.79 Å². The summed E-state index contributed by atoms with van der Waals surface area (Å²) >= 11 is 0. The van der Waals surface area contributed by atoms with Crippen LogP contribution in [0.2, 0.25) is 0 Å². The minimum Gasteiger partial charge on any atom is -0.444 e. The molecule has 0 saturated carbocycles. The van der Waals surface area contributed by atoms with E-state index >= 15 is 0 Å². The number of nitrogens with two attached hydrogens (primary N) is 1. The lowest BCUT2D eigenvalue weighted by Crippen LogP contribution is -2.41. The summed E-state index contributed by atoms with van der Waals surface area (Å²) in [6, 6.07) is 3.82. The van der Waals surface area contributed by atoms with Gasteiger partial charge in [0.25, 0.3) is 0 Å². The fraction of sp³-hybridized carbons (Fsp3) is 0.650. The van der Waals surface area contributed by atoms with E-state index in [0.29, 0.717) is 25.6 Å². The highest BCUT2D eigenvalue weighted by Gasteiger charge is 2.22. The molecule has 1 aliphatic rings. The van der Waals surface area contributed by atoms with E-state index in [1.807, 2.05) is 32.9 Å². The largest absolute Gasteiger partial charge is 0.444 e. The predicted octanol–water partition coefficient (Wildman–Crippen LogP) is 3.01. The molecule has 150 valence electrons. The van der Waals surface area contributed by atoms with Crippen LogP contribution in [0.3, 0.4) is 0 Å². The Labute approximate surface area is 162 Å². The third-order valence-corrected chi connectivity index (χ3v) is 4.29. The molecule has 0 unspecified atom stereocenters. The Morgan fingerprint density at radius 1 is 1.33 bits per heavy atom. The van der Waals surface area contributed by atoms with E-state index in [-0.39, 0.29) is 6.09 Å². The van der Waals surface area contributed by atoms with Gasteiger partial charge in [0.15, 0.2) is 5.96 Å². The number of amides is 1. The van der Waals surface area contributed by atoms with Gasteiger partial charge >= 0.3 is 6.09 Å². The van der Waals surface area contributed by atoms with Crippen molar-refractivity contribution in [3.8, 4) is 0 Å². The minimum absolute atomic E-state index is 0.320. The summed E-state index contributed by atoms with van der Waals surface area (Å²) in [7, 11) is 0. The fourth-order valence-electron chi connectivity index (χ4n) is 2.95. The molecule has 0 aromatic carbocycles. The molecule has 0 aliphatic carbocycles. The van der Waals surface area contributed by atoms with Crippen LogP contribution in [0.1, 0.15) is 52.0 Å². The molecule has 0 spiro atoms. The van der Waals surface area contributed by atoms with E-state index in [2.05, 4.69) is 14.9 Å². The number of hydrogen-bond acceptors (Lipinski definition) is 4. The van der Waals surface area contributed by atoms with E-state index in [1.165, 1.54) is 19.3 Å². The zero-order valence-electron chi connectivity index (χ0n) is 16.9. The molecule has 1 saturated heterocycles. The number of nitrogens with zero attached hydrogens (tertiary/aromatic N) is 4. The fourth-order valence-corrected chi connectivity index (χ4v) is 2.95. The van der Waals surface area contributed by atoms with Crippen LogP contribution in [-0.2, 0) is 11.3 Å². The summed E-state index contributed by atoms with van der Waals surface area (Å²) < 4.78 is 5.54. The van der Waals surface area contributed by atoms with Gasteiger partial charge in [-0.15, -0.1) is 0 Å². The van der Waals surface area contributed by atoms with Gasteiger partial charge in [-0.05, 0) is 58.1 Å². The second kappa shape index (κ2) is 10.1. The zero-order chi connectivity index (χ0) is 19.7. The Kier molecular flexibility index (Phi) is 7.88. The minimum atomic E-state index is -0.527. The van der Waals surface area contributed by atoms with E-state index < -0.39 is 5.60 Å². The third kappa shape index (κ3) is 7.85. The highest BCUT2D eigenvalue weighted by Crippen LogP contribution is 2.13. The zero-order valence-corrected chi connectivity index (χ0v) is 16.9. The molecular formula is C20H33N5O2. The topological polar surface area (TPSA) is 84.0 Å². The van der Waals surface area contributed by atoms with Gasteiger partial charge in [0.05, 0.1) is 6.54 Å². The standard InChI is InChI=1S/C20H33N5O2/c1-20(2,3)27-19(26)25(16-17-9-7-10-22-15-17)14-8-11-23-18(21)24-12-5-4-6-13-24/h7,9-10,15H,4-6,8,11-14,16H2,1-3H3,(H2,21,23). The number of piperidine rings is 1. The maximum atomic E-state index is 12.6. The van der Waals surface area contributed by atoms with Gasteiger partial charge in [-0.1, -0.05) is 6.07 Å². The average Bonchev–Trinajstić information content (AvgIpc) is 2.64. The first kappa shape index (κ1) is 21.0. The van der Waals surface area contributed by atoms with Crippen LogP contribution in [0.4, 0.5) is 4.79 Å². The number of aliphatic imine (C=N–C) groups is 1. The smallest absolute Gasteiger partial charge is 0.410 e. The number of carbonyl (C=O) groups is 1. The van der Waals surface area contributed by atoms with Gasteiger partial charge < -0.3 is 20.3 Å². The Balaban J connectivity index is 1.89. The van der Waals surface area contributed by atoms with Crippen LogP contribution in [0.25, 0.3) is 0 Å². The molecule has 27 heavy (non-hydrogen) atoms. The van der Waals surface area contributed by atoms with Gasteiger partial charge in [0.1, 0.15) is 5.60 Å². The van der Waals surface area contributed by atoms with Crippen molar-refractivity contribution in [2.75, 3.05) is 26.2 Å². The maximum absolute atomic E-state index is 12.6. The van der Waals surface area contributed by atoms with Crippen molar-refractivity contribution < 1.29 is 9.53 Å². The molecule has 2 rings (SSSR count). The predicted molar refractivity (Wildman–Crippen MR) is 107 cm³/mol. The normalized spacial score (nSPS) is 15.5. The van der Waals surface area contributed by atoms with E-state index in [1.54, 1.807) is 17.3 Å². The molecular weight excluding hydrogens is 342 g/mol. The van der Waals surface area contributed by atoms with Crippen molar-refractivity contribution >= 4 is 12.1 Å². The molecule has 1 aromatic rings. The van der Waals surface area contributed by atoms with Crippen LogP contribution < -0.4 is 5.73 Å². The molecule has 2 N–H and O–H groups in total. The number of aromatic nitrogens is 1. The lowest BCUT2D eigenvalue weighted by Gasteiger charge is -2.28. The molecule has 1 amide bonds. The van der Waals surface area contributed by atoms with Crippen molar-refractivity contribution in [3.63, 3.8) is 0 Å². The molecule has 7 nitrogen and oxygen atoms in total. The third-order valence-electron chi connectivity index (χ3n) is 4.29. The number of hydrogen-bond donors (Lipinski definition) is 1. The molecule has 7 heteroatoms. The first-order chi connectivity index (χ1) is 12.8. The monoisotopic (exact) mass is 375 g/mol. The second-order valence-electron chi connectivity index (χ2n) is 7.90. The first-order valence-corrected chi connectivity index (χ1v) is 9.77. The number of carbonyl (C=O) groups excluding carboxylic acids is 1. The lowest BCUT2D eigenvalue weighted by atomic mass is 10.1. The summed E-state index contributed by atoms with van der Waals surface area (Å²) in [4.78, 5) is 25.0. The first-order valence-electron chi connectivity index (χ1n) is 9.77. The van der Waals surface area contributed by atoms with Crippen molar-refractivity contribution in [1.82, 2.24) is 14.8 Å². The van der Waals surface area contributed by atoms with Gasteiger partial charge in [0, 0.05) is 38.6 Å².